The normalized spacial score (nSPS) is 34.7. The molecule has 31 heavy (non-hydrogen) atoms. The third-order valence-corrected chi connectivity index (χ3v) is 13.2. The smallest absolute Gasteiger partial charge is 0.193 e. The minimum absolute atomic E-state index is 0.0401. The van der Waals surface area contributed by atoms with E-state index in [2.05, 4.69) is 95.3 Å². The van der Waals surface area contributed by atoms with E-state index in [-0.39, 0.29) is 22.5 Å². The Morgan fingerprint density at radius 1 is 1.03 bits per heavy atom. The van der Waals surface area contributed by atoms with Crippen LogP contribution in [-0.2, 0) is 16.5 Å². The fourth-order valence-corrected chi connectivity index (χ4v) is 13.1. The van der Waals surface area contributed by atoms with E-state index in [0.29, 0.717) is 12.5 Å². The van der Waals surface area contributed by atoms with E-state index >= 15 is 0 Å². The van der Waals surface area contributed by atoms with Gasteiger partial charge in [0.25, 0.3) is 0 Å². The highest BCUT2D eigenvalue weighted by atomic mass is 32.4. The largest absolute Gasteiger partial charge is 0.478 e. The van der Waals surface area contributed by atoms with Gasteiger partial charge in [0.2, 0.25) is 0 Å². The molecule has 4 heteroatoms. The minimum Gasteiger partial charge on any atom is -0.478 e. The molecular weight excluding hydrogens is 417 g/mol. The molecule has 1 fully saturated rings. The maximum Gasteiger partial charge on any atom is 0.193 e. The Morgan fingerprint density at radius 3 is 2.23 bits per heavy atom. The molecule has 0 aromatic heterocycles. The minimum atomic E-state index is -1.93. The Morgan fingerprint density at radius 2 is 1.65 bits per heavy atom. The molecule has 5 atom stereocenters. The second-order valence-electron chi connectivity index (χ2n) is 10.7. The number of aliphatic imine (C=N–C) groups is 1. The van der Waals surface area contributed by atoms with Gasteiger partial charge in [-0.2, -0.15) is 0 Å². The molecule has 0 radical (unpaired) electrons. The van der Waals surface area contributed by atoms with Crippen LogP contribution in [0.2, 0.25) is 0 Å². The molecule has 0 aliphatic carbocycles. The van der Waals surface area contributed by atoms with Crippen molar-refractivity contribution in [3.05, 3.63) is 77.4 Å². The van der Waals surface area contributed by atoms with Crippen molar-refractivity contribution in [1.82, 2.24) is 0 Å². The summed E-state index contributed by atoms with van der Waals surface area (Å²) in [6, 6.07) is 20.1. The van der Waals surface area contributed by atoms with Gasteiger partial charge in [-0.3, -0.25) is 0 Å². The zero-order valence-electron chi connectivity index (χ0n) is 19.1. The van der Waals surface area contributed by atoms with E-state index in [9.17, 15) is 0 Å². The van der Waals surface area contributed by atoms with Crippen molar-refractivity contribution in [3.8, 4) is 0 Å². The summed E-state index contributed by atoms with van der Waals surface area (Å²) >= 11 is 6.72. The Kier molecular flexibility index (Phi) is 4.88. The van der Waals surface area contributed by atoms with E-state index in [0.717, 1.165) is 12.1 Å². The number of benzene rings is 2. The van der Waals surface area contributed by atoms with Crippen LogP contribution in [-0.4, -0.2) is 30.4 Å². The second-order valence-corrected chi connectivity index (χ2v) is 15.6. The summed E-state index contributed by atoms with van der Waals surface area (Å²) in [5.41, 5.74) is 4.47. The van der Waals surface area contributed by atoms with Crippen LogP contribution < -0.4 is 0 Å². The Bertz CT molecular complexity index is 1110. The number of nitrogens with zero attached hydrogens (tertiary/aromatic N) is 1. The number of fused-ring (bicyclic) bond motifs is 2. The van der Waals surface area contributed by atoms with E-state index in [1.54, 1.807) is 0 Å². The van der Waals surface area contributed by atoms with Crippen molar-refractivity contribution in [2.45, 2.75) is 52.2 Å². The molecule has 0 N–H and O–H groups in total. The predicted octanol–water partition coefficient (Wildman–Crippen LogP) is 6.93. The lowest BCUT2D eigenvalue weighted by Gasteiger charge is -2.39. The molecule has 3 heterocycles. The first-order valence-electron chi connectivity index (χ1n) is 11.3. The Hall–Kier alpha value is -1.70. The van der Waals surface area contributed by atoms with Crippen LogP contribution >= 0.6 is 6.04 Å². The number of rotatable bonds is 3. The lowest BCUT2D eigenvalue weighted by molar-refractivity contribution is 0.231. The maximum atomic E-state index is 6.72. The van der Waals surface area contributed by atoms with Crippen molar-refractivity contribution in [2.75, 3.05) is 12.8 Å². The Balaban J connectivity index is 1.71. The van der Waals surface area contributed by atoms with Gasteiger partial charge in [0.15, 0.2) is 5.90 Å². The molecule has 2 nitrogen and oxygen atoms in total. The summed E-state index contributed by atoms with van der Waals surface area (Å²) in [6.45, 7) is 12.2. The van der Waals surface area contributed by atoms with Crippen molar-refractivity contribution in [3.63, 3.8) is 0 Å². The first-order valence-corrected chi connectivity index (χ1v) is 14.3. The molecule has 1 unspecified atom stereocenters. The van der Waals surface area contributed by atoms with Crippen LogP contribution in [0.25, 0.3) is 5.31 Å². The molecule has 0 amide bonds. The van der Waals surface area contributed by atoms with Crippen LogP contribution in [0.5, 0.6) is 0 Å². The SMILES string of the molecule is CC1=C(c2ccccc2)[P@@]2(=S)C[C@@]1(C)[C@@H](c1ccccc1)[C@@H]2C1=NC(C(C)(C)C)CO1. The molecule has 0 spiro atoms. The van der Waals surface area contributed by atoms with Crippen LogP contribution in [0, 0.1) is 10.8 Å². The van der Waals surface area contributed by atoms with Crippen molar-refractivity contribution < 1.29 is 4.74 Å². The van der Waals surface area contributed by atoms with E-state index in [1.807, 2.05) is 0 Å². The highest BCUT2D eigenvalue weighted by molar-refractivity contribution is 8.20. The summed E-state index contributed by atoms with van der Waals surface area (Å²) in [4.78, 5) is 5.20. The zero-order chi connectivity index (χ0) is 22.0. The van der Waals surface area contributed by atoms with Crippen LogP contribution in [0.4, 0.5) is 0 Å². The van der Waals surface area contributed by atoms with Gasteiger partial charge in [0.05, 0.1) is 11.7 Å². The van der Waals surface area contributed by atoms with Crippen LogP contribution in [0.3, 0.4) is 0 Å². The molecule has 3 aliphatic rings. The first-order chi connectivity index (χ1) is 14.7. The standard InChI is InChI=1S/C27H32NOPS/c1-18-23(20-14-10-7-11-15-20)30(31)17-27(18,5)22(19-12-8-6-9-13-19)24(30)25-28-21(16-29-25)26(2,3)4/h6-15,21-22,24H,16-17H2,1-5H3/t21?,22-,24+,27+,30-/m0/s1. The summed E-state index contributed by atoms with van der Waals surface area (Å²) in [7, 11) is 0. The van der Waals surface area contributed by atoms with Crippen molar-refractivity contribution in [2.24, 2.45) is 15.8 Å². The topological polar surface area (TPSA) is 21.6 Å². The second kappa shape index (κ2) is 7.15. The monoisotopic (exact) mass is 449 g/mol. The summed E-state index contributed by atoms with van der Waals surface area (Å²) in [5, 5.41) is 1.44. The van der Waals surface area contributed by atoms with Gasteiger partial charge in [-0.05, 0) is 41.0 Å². The molecule has 2 aromatic rings. The average Bonchev–Trinajstić information content (AvgIpc) is 3.36. The number of ether oxygens (including phenoxy) is 1. The van der Waals surface area contributed by atoms with Gasteiger partial charge < -0.3 is 4.74 Å². The summed E-state index contributed by atoms with van der Waals surface area (Å²) in [5.74, 6) is 1.26. The molecule has 1 saturated heterocycles. The molecule has 162 valence electrons. The zero-order valence-corrected chi connectivity index (χ0v) is 20.8. The van der Waals surface area contributed by atoms with Crippen molar-refractivity contribution >= 4 is 29.1 Å². The highest BCUT2D eigenvalue weighted by Crippen LogP contribution is 2.83. The molecule has 0 saturated carbocycles. The Labute approximate surface area is 191 Å². The molecule has 5 rings (SSSR count). The highest BCUT2D eigenvalue weighted by Gasteiger charge is 2.64. The number of hydrogen-bond acceptors (Lipinski definition) is 3. The van der Waals surface area contributed by atoms with Gasteiger partial charge in [-0.25, -0.2) is 4.99 Å². The van der Waals surface area contributed by atoms with Gasteiger partial charge in [0, 0.05) is 11.3 Å². The summed E-state index contributed by atoms with van der Waals surface area (Å²) in [6.07, 6.45) is 1.07. The van der Waals surface area contributed by atoms with Gasteiger partial charge >= 0.3 is 0 Å². The van der Waals surface area contributed by atoms with Gasteiger partial charge in [-0.1, -0.05) is 106 Å². The third-order valence-electron chi connectivity index (χ3n) is 7.74. The van der Waals surface area contributed by atoms with E-state index in [4.69, 9.17) is 21.5 Å². The van der Waals surface area contributed by atoms with Crippen LogP contribution in [0.15, 0.2) is 71.2 Å². The van der Waals surface area contributed by atoms with E-state index in [1.165, 1.54) is 22.0 Å². The predicted molar refractivity (Wildman–Crippen MR) is 136 cm³/mol. The number of allylic oxidation sites excluding steroid dienone is 1. The fraction of sp³-hybridized carbons (Fsp3) is 0.444. The lowest BCUT2D eigenvalue weighted by atomic mass is 9.68. The van der Waals surface area contributed by atoms with Gasteiger partial charge in [0.1, 0.15) is 6.61 Å². The first kappa shape index (κ1) is 21.2. The fourth-order valence-electron chi connectivity index (χ4n) is 5.96. The third kappa shape index (κ3) is 3.11. The molecular formula is C27H32NOPS. The molecule has 3 aliphatic heterocycles. The summed E-state index contributed by atoms with van der Waals surface area (Å²) < 4.78 is 6.40. The van der Waals surface area contributed by atoms with Crippen molar-refractivity contribution in [1.29, 1.82) is 0 Å². The maximum absolute atomic E-state index is 6.72. The number of hydrogen-bond donors (Lipinski definition) is 0. The molecule has 2 bridgehead atoms. The van der Waals surface area contributed by atoms with E-state index < -0.39 is 6.04 Å². The average molecular weight is 450 g/mol. The van der Waals surface area contributed by atoms with Crippen LogP contribution in [0.1, 0.15) is 51.7 Å². The van der Waals surface area contributed by atoms with Gasteiger partial charge in [-0.15, -0.1) is 0 Å². The lowest BCUT2D eigenvalue weighted by Crippen LogP contribution is -2.35. The quantitative estimate of drug-likeness (QED) is 0.474. The molecule has 2 aromatic carbocycles.